The van der Waals surface area contributed by atoms with Gasteiger partial charge < -0.3 is 15.7 Å². The van der Waals surface area contributed by atoms with E-state index in [-0.39, 0.29) is 17.8 Å². The van der Waals surface area contributed by atoms with Crippen molar-refractivity contribution in [3.63, 3.8) is 0 Å². The summed E-state index contributed by atoms with van der Waals surface area (Å²) in [5.74, 6) is -3.29. The number of amides is 2. The second-order valence-corrected chi connectivity index (χ2v) is 5.94. The number of rotatable bonds is 8. The molecular weight excluding hydrogens is 318 g/mol. The van der Waals surface area contributed by atoms with Crippen LogP contribution in [0.25, 0.3) is 0 Å². The monoisotopic (exact) mass is 342 g/mol. The maximum atomic E-state index is 13.4. The van der Waals surface area contributed by atoms with E-state index in [9.17, 15) is 23.5 Å². The van der Waals surface area contributed by atoms with E-state index in [0.717, 1.165) is 12.1 Å². The van der Waals surface area contributed by atoms with Gasteiger partial charge >= 0.3 is 0 Å². The summed E-state index contributed by atoms with van der Waals surface area (Å²) in [6, 6.07) is 1.60. The minimum atomic E-state index is -1.14. The molecule has 1 rings (SSSR count). The highest BCUT2D eigenvalue weighted by Crippen LogP contribution is 2.28. The molecule has 1 aromatic rings. The van der Waals surface area contributed by atoms with Gasteiger partial charge in [0.05, 0.1) is 23.4 Å². The molecule has 24 heavy (non-hydrogen) atoms. The minimum absolute atomic E-state index is 0.0377. The largest absolute Gasteiger partial charge is 0.389 e. The first-order valence-corrected chi connectivity index (χ1v) is 7.99. The Hall–Kier alpha value is -2.02. The summed E-state index contributed by atoms with van der Waals surface area (Å²) in [6.45, 7) is 5.03. The molecule has 0 saturated heterocycles. The van der Waals surface area contributed by atoms with Crippen LogP contribution in [0, 0.1) is 11.6 Å². The van der Waals surface area contributed by atoms with Gasteiger partial charge in [-0.05, 0) is 12.8 Å². The molecular formula is C17H24F2N2O3. The molecule has 134 valence electrons. The highest BCUT2D eigenvalue weighted by atomic mass is 19.2. The van der Waals surface area contributed by atoms with Crippen LogP contribution in [0.15, 0.2) is 12.1 Å². The molecule has 0 heterocycles. The zero-order valence-electron chi connectivity index (χ0n) is 14.2. The molecule has 0 radical (unpaired) electrons. The number of benzene rings is 1. The molecule has 0 saturated carbocycles. The molecule has 1 aromatic carbocycles. The first-order chi connectivity index (χ1) is 11.2. The first-order valence-electron chi connectivity index (χ1n) is 7.99. The Labute approximate surface area is 140 Å². The van der Waals surface area contributed by atoms with Crippen molar-refractivity contribution in [3.05, 3.63) is 23.8 Å². The Morgan fingerprint density at radius 2 is 1.50 bits per heavy atom. The van der Waals surface area contributed by atoms with Gasteiger partial charge in [0.15, 0.2) is 11.6 Å². The smallest absolute Gasteiger partial charge is 0.227 e. The Morgan fingerprint density at radius 3 is 1.92 bits per heavy atom. The molecule has 0 aliphatic carbocycles. The van der Waals surface area contributed by atoms with Crippen molar-refractivity contribution in [3.8, 4) is 0 Å². The zero-order valence-corrected chi connectivity index (χ0v) is 14.2. The van der Waals surface area contributed by atoms with Crippen LogP contribution in [-0.2, 0) is 9.59 Å². The minimum Gasteiger partial charge on any atom is -0.389 e. The van der Waals surface area contributed by atoms with Crippen molar-refractivity contribution < 1.29 is 23.5 Å². The second-order valence-electron chi connectivity index (χ2n) is 5.94. The molecule has 0 bridgehead atoms. The van der Waals surface area contributed by atoms with Crippen molar-refractivity contribution >= 4 is 23.2 Å². The van der Waals surface area contributed by atoms with Crippen LogP contribution in [0.2, 0.25) is 0 Å². The lowest BCUT2D eigenvalue weighted by atomic mass is 9.89. The van der Waals surface area contributed by atoms with Gasteiger partial charge in [0, 0.05) is 19.1 Å². The summed E-state index contributed by atoms with van der Waals surface area (Å²) in [4.78, 5) is 23.4. The van der Waals surface area contributed by atoms with Gasteiger partial charge in [-0.3, -0.25) is 9.59 Å². The Balaban J connectivity index is 2.96. The van der Waals surface area contributed by atoms with Gasteiger partial charge in [0.25, 0.3) is 0 Å². The number of halogens is 2. The van der Waals surface area contributed by atoms with Gasteiger partial charge in [-0.25, -0.2) is 8.78 Å². The summed E-state index contributed by atoms with van der Waals surface area (Å²) in [5.41, 5.74) is -1.23. The third kappa shape index (κ3) is 5.88. The summed E-state index contributed by atoms with van der Waals surface area (Å²) >= 11 is 0. The Kier molecular flexibility index (Phi) is 7.28. The number of hydrogen-bond donors (Lipinski definition) is 3. The van der Waals surface area contributed by atoms with E-state index >= 15 is 0 Å². The van der Waals surface area contributed by atoms with Crippen molar-refractivity contribution in [1.29, 1.82) is 0 Å². The second kappa shape index (κ2) is 8.73. The lowest BCUT2D eigenvalue weighted by Crippen LogP contribution is -2.34. The van der Waals surface area contributed by atoms with E-state index in [1.807, 2.05) is 13.8 Å². The molecule has 2 amide bonds. The summed E-state index contributed by atoms with van der Waals surface area (Å²) in [6.07, 6.45) is 2.20. The van der Waals surface area contributed by atoms with Crippen LogP contribution in [0.4, 0.5) is 20.2 Å². The number of hydrogen-bond acceptors (Lipinski definition) is 3. The third-order valence-corrected chi connectivity index (χ3v) is 3.57. The van der Waals surface area contributed by atoms with E-state index in [0.29, 0.717) is 25.7 Å². The van der Waals surface area contributed by atoms with E-state index in [1.165, 1.54) is 6.92 Å². The number of aliphatic hydroxyl groups is 1. The molecule has 0 fully saturated rings. The van der Waals surface area contributed by atoms with E-state index < -0.39 is 29.0 Å². The predicted octanol–water partition coefficient (Wildman–Crippen LogP) is 3.58. The highest BCUT2D eigenvalue weighted by Gasteiger charge is 2.28. The number of anilines is 2. The maximum Gasteiger partial charge on any atom is 0.227 e. The molecule has 0 unspecified atom stereocenters. The summed E-state index contributed by atoms with van der Waals surface area (Å²) < 4.78 is 26.8. The lowest BCUT2D eigenvalue weighted by Gasteiger charge is -2.27. The Morgan fingerprint density at radius 1 is 1.04 bits per heavy atom. The third-order valence-electron chi connectivity index (χ3n) is 3.57. The van der Waals surface area contributed by atoms with Crippen molar-refractivity contribution in [2.75, 3.05) is 10.6 Å². The average molecular weight is 342 g/mol. The SMILES string of the molecule is CCCC(O)(CCC)CC(=O)Nc1cc(F)c(F)cc1NC(C)=O. The molecule has 7 heteroatoms. The zero-order chi connectivity index (χ0) is 18.3. The molecule has 3 N–H and O–H groups in total. The predicted molar refractivity (Wildman–Crippen MR) is 88.7 cm³/mol. The quantitative estimate of drug-likeness (QED) is 0.676. The van der Waals surface area contributed by atoms with Crippen LogP contribution >= 0.6 is 0 Å². The molecule has 0 atom stereocenters. The first kappa shape index (κ1) is 20.0. The Bertz CT molecular complexity index is 600. The number of carbonyl (C=O) groups is 2. The standard InChI is InChI=1S/C17H24F2N2O3/c1-4-6-17(24,7-5-2)10-16(23)21-15-9-13(19)12(18)8-14(15)20-11(3)22/h8-9,24H,4-7,10H2,1-3H3,(H,20,22)(H,21,23). The van der Waals surface area contributed by atoms with Crippen LogP contribution in [0.5, 0.6) is 0 Å². The highest BCUT2D eigenvalue weighted by molar-refractivity contribution is 5.99. The summed E-state index contributed by atoms with van der Waals surface area (Å²) in [7, 11) is 0. The van der Waals surface area contributed by atoms with E-state index in [2.05, 4.69) is 10.6 Å². The molecule has 0 aromatic heterocycles. The number of nitrogens with one attached hydrogen (secondary N) is 2. The summed E-state index contributed by atoms with van der Waals surface area (Å²) in [5, 5.41) is 15.3. The van der Waals surface area contributed by atoms with Gasteiger partial charge in [-0.1, -0.05) is 26.7 Å². The number of carbonyl (C=O) groups excluding carboxylic acids is 2. The van der Waals surface area contributed by atoms with Gasteiger partial charge in [0.2, 0.25) is 11.8 Å². The topological polar surface area (TPSA) is 78.4 Å². The fourth-order valence-electron chi connectivity index (χ4n) is 2.67. The van der Waals surface area contributed by atoms with Gasteiger partial charge in [-0.15, -0.1) is 0 Å². The fraction of sp³-hybridized carbons (Fsp3) is 0.529. The van der Waals surface area contributed by atoms with Crippen molar-refractivity contribution in [1.82, 2.24) is 0 Å². The van der Waals surface area contributed by atoms with E-state index in [4.69, 9.17) is 0 Å². The van der Waals surface area contributed by atoms with Crippen LogP contribution < -0.4 is 10.6 Å². The molecule has 5 nitrogen and oxygen atoms in total. The lowest BCUT2D eigenvalue weighted by molar-refractivity contribution is -0.121. The van der Waals surface area contributed by atoms with Crippen LogP contribution in [0.3, 0.4) is 0 Å². The van der Waals surface area contributed by atoms with Gasteiger partial charge in [0.1, 0.15) is 0 Å². The van der Waals surface area contributed by atoms with E-state index in [1.54, 1.807) is 0 Å². The van der Waals surface area contributed by atoms with Crippen LogP contribution in [0.1, 0.15) is 52.9 Å². The van der Waals surface area contributed by atoms with Gasteiger partial charge in [-0.2, -0.15) is 0 Å². The van der Waals surface area contributed by atoms with Crippen LogP contribution in [-0.4, -0.2) is 22.5 Å². The molecule has 0 spiro atoms. The molecule has 0 aliphatic heterocycles. The molecule has 0 aliphatic rings. The van der Waals surface area contributed by atoms with Crippen molar-refractivity contribution in [2.24, 2.45) is 0 Å². The normalized spacial score (nSPS) is 11.2. The average Bonchev–Trinajstić information content (AvgIpc) is 2.43. The van der Waals surface area contributed by atoms with Crippen molar-refractivity contribution in [2.45, 2.75) is 58.5 Å². The fourth-order valence-corrected chi connectivity index (χ4v) is 2.67. The maximum absolute atomic E-state index is 13.4.